The smallest absolute Gasteiger partial charge is 0.354 e. The van der Waals surface area contributed by atoms with Gasteiger partial charge in [0.05, 0.1) is 22.2 Å². The number of H-pyrrole nitrogens is 1. The van der Waals surface area contributed by atoms with E-state index in [1.54, 1.807) is 6.07 Å². The highest BCUT2D eigenvalue weighted by molar-refractivity contribution is 6.12. The second kappa shape index (κ2) is 10.3. The number of carboxylic acids is 1. The lowest BCUT2D eigenvalue weighted by Gasteiger charge is -2.13. The topological polar surface area (TPSA) is 83.8 Å². The normalized spacial score (nSPS) is 11.5. The molecule has 0 unspecified atom stereocenters. The highest BCUT2D eigenvalue weighted by Crippen LogP contribution is 2.39. The van der Waals surface area contributed by atoms with Crippen molar-refractivity contribution in [3.8, 4) is 39.5 Å². The summed E-state index contributed by atoms with van der Waals surface area (Å²) in [7, 11) is 0. The summed E-state index contributed by atoms with van der Waals surface area (Å²) in [5.41, 5.74) is 11.0. The van der Waals surface area contributed by atoms with E-state index >= 15 is 0 Å². The van der Waals surface area contributed by atoms with Gasteiger partial charge in [-0.1, -0.05) is 78.9 Å². The SMILES string of the molecule is Cc1cc(C)cc(-n2c(-c3cccc4c3[nH]c3ccccc34)nc3c(-c4cc(-c5ccccc5)cc(C(=O)O)n4)cccc32)c1. The van der Waals surface area contributed by atoms with Gasteiger partial charge in [0.2, 0.25) is 0 Å². The molecular formula is C39H28N4O2. The van der Waals surface area contributed by atoms with E-state index in [4.69, 9.17) is 4.98 Å². The molecule has 0 fully saturated rings. The molecule has 2 N–H and O–H groups in total. The largest absolute Gasteiger partial charge is 0.477 e. The third-order valence-corrected chi connectivity index (χ3v) is 8.36. The van der Waals surface area contributed by atoms with Gasteiger partial charge in [-0.3, -0.25) is 4.57 Å². The van der Waals surface area contributed by atoms with Gasteiger partial charge in [0, 0.05) is 33.1 Å². The average Bonchev–Trinajstić information content (AvgIpc) is 3.63. The van der Waals surface area contributed by atoms with Crippen LogP contribution >= 0.6 is 0 Å². The van der Waals surface area contributed by atoms with Crippen molar-refractivity contribution in [2.24, 2.45) is 0 Å². The van der Waals surface area contributed by atoms with Gasteiger partial charge in [-0.15, -0.1) is 0 Å². The van der Waals surface area contributed by atoms with Gasteiger partial charge in [-0.25, -0.2) is 14.8 Å². The van der Waals surface area contributed by atoms with E-state index in [9.17, 15) is 9.90 Å². The molecule has 0 aliphatic carbocycles. The van der Waals surface area contributed by atoms with Gasteiger partial charge in [0.15, 0.2) is 0 Å². The molecule has 8 rings (SSSR count). The van der Waals surface area contributed by atoms with Crippen molar-refractivity contribution in [2.45, 2.75) is 13.8 Å². The van der Waals surface area contributed by atoms with Crippen LogP contribution in [0.25, 0.3) is 72.3 Å². The van der Waals surface area contributed by atoms with Crippen LogP contribution in [0.2, 0.25) is 0 Å². The number of para-hydroxylation sites is 3. The molecule has 3 aromatic heterocycles. The summed E-state index contributed by atoms with van der Waals surface area (Å²) in [4.78, 5) is 25.9. The highest BCUT2D eigenvalue weighted by atomic mass is 16.4. The van der Waals surface area contributed by atoms with Gasteiger partial charge in [-0.05, 0) is 78.6 Å². The Bertz CT molecular complexity index is 2420. The molecule has 0 bridgehead atoms. The molecule has 5 aromatic carbocycles. The van der Waals surface area contributed by atoms with Crippen LogP contribution in [0.1, 0.15) is 21.6 Å². The first-order valence-corrected chi connectivity index (χ1v) is 14.9. The first kappa shape index (κ1) is 26.6. The van der Waals surface area contributed by atoms with E-state index < -0.39 is 5.97 Å². The molecule has 0 saturated heterocycles. The first-order valence-electron chi connectivity index (χ1n) is 14.9. The molecule has 6 heteroatoms. The number of rotatable bonds is 5. The van der Waals surface area contributed by atoms with Crippen LogP contribution in [-0.4, -0.2) is 30.6 Å². The van der Waals surface area contributed by atoms with Gasteiger partial charge in [0.1, 0.15) is 11.5 Å². The Morgan fingerprint density at radius 3 is 2.20 bits per heavy atom. The molecular weight excluding hydrogens is 556 g/mol. The predicted molar refractivity (Wildman–Crippen MR) is 181 cm³/mol. The zero-order valence-electron chi connectivity index (χ0n) is 24.7. The number of nitrogens with zero attached hydrogens (tertiary/aromatic N) is 3. The molecule has 3 heterocycles. The molecule has 0 amide bonds. The molecule has 8 aromatic rings. The summed E-state index contributed by atoms with van der Waals surface area (Å²) in [5, 5.41) is 12.3. The van der Waals surface area contributed by atoms with Crippen LogP contribution in [0.4, 0.5) is 0 Å². The third kappa shape index (κ3) is 4.46. The number of carboxylic acid groups (broad SMARTS) is 1. The minimum Gasteiger partial charge on any atom is -0.477 e. The van der Waals surface area contributed by atoms with E-state index in [1.165, 1.54) is 0 Å². The Kier molecular flexibility index (Phi) is 6.10. The Labute approximate surface area is 259 Å². The van der Waals surface area contributed by atoms with Gasteiger partial charge in [-0.2, -0.15) is 0 Å². The second-order valence-corrected chi connectivity index (χ2v) is 11.5. The fraction of sp³-hybridized carbons (Fsp3) is 0.0513. The highest BCUT2D eigenvalue weighted by Gasteiger charge is 2.22. The third-order valence-electron chi connectivity index (χ3n) is 8.36. The number of carbonyl (C=O) groups is 1. The molecule has 216 valence electrons. The van der Waals surface area contributed by atoms with Crippen LogP contribution in [0.15, 0.2) is 121 Å². The van der Waals surface area contributed by atoms with Crippen LogP contribution in [0.3, 0.4) is 0 Å². The molecule has 0 atom stereocenters. The Morgan fingerprint density at radius 1 is 0.689 bits per heavy atom. The number of hydrogen-bond donors (Lipinski definition) is 2. The number of aryl methyl sites for hydroxylation is 2. The van der Waals surface area contributed by atoms with E-state index in [0.717, 1.165) is 77.7 Å². The van der Waals surface area contributed by atoms with Crippen LogP contribution in [0, 0.1) is 13.8 Å². The molecule has 0 aliphatic rings. The van der Waals surface area contributed by atoms with Crippen LogP contribution in [0.5, 0.6) is 0 Å². The van der Waals surface area contributed by atoms with E-state index in [1.807, 2.05) is 54.6 Å². The van der Waals surface area contributed by atoms with Crippen molar-refractivity contribution in [1.29, 1.82) is 0 Å². The zero-order chi connectivity index (χ0) is 30.7. The Hall–Kier alpha value is -6.01. The molecule has 0 aliphatic heterocycles. The van der Waals surface area contributed by atoms with E-state index in [-0.39, 0.29) is 5.69 Å². The lowest BCUT2D eigenvalue weighted by Crippen LogP contribution is -2.02. The summed E-state index contributed by atoms with van der Waals surface area (Å²) in [5.74, 6) is -0.287. The van der Waals surface area contributed by atoms with Crippen LogP contribution in [-0.2, 0) is 0 Å². The number of nitrogens with one attached hydrogen (secondary N) is 1. The summed E-state index contributed by atoms with van der Waals surface area (Å²) in [6, 6.07) is 40.5. The van der Waals surface area contributed by atoms with Gasteiger partial charge >= 0.3 is 5.97 Å². The maximum absolute atomic E-state index is 12.2. The number of benzene rings is 5. The standard InChI is InChI=1S/C39H28N4O2/c1-23-18-24(2)20-27(19-23)43-35-17-9-14-30(33-21-26(22-34(40-33)39(44)45)25-10-4-3-5-11-25)37(35)42-38(43)31-15-8-13-29-28-12-6-7-16-32(28)41-36(29)31/h3-22,41H,1-2H3,(H,44,45). The number of imidazole rings is 1. The van der Waals surface area contributed by atoms with Crippen molar-refractivity contribution in [2.75, 3.05) is 0 Å². The molecule has 0 radical (unpaired) electrons. The summed E-state index contributed by atoms with van der Waals surface area (Å²) in [6.45, 7) is 4.21. The summed E-state index contributed by atoms with van der Waals surface area (Å²) in [6.07, 6.45) is 0. The Morgan fingerprint density at radius 2 is 1.40 bits per heavy atom. The van der Waals surface area contributed by atoms with Crippen molar-refractivity contribution >= 4 is 38.8 Å². The lowest BCUT2D eigenvalue weighted by molar-refractivity contribution is 0.0690. The van der Waals surface area contributed by atoms with Crippen LogP contribution < -0.4 is 0 Å². The number of pyridine rings is 1. The number of aromatic nitrogens is 4. The van der Waals surface area contributed by atoms with E-state index in [0.29, 0.717) is 5.69 Å². The van der Waals surface area contributed by atoms with Gasteiger partial charge in [0.25, 0.3) is 0 Å². The molecule has 6 nitrogen and oxygen atoms in total. The second-order valence-electron chi connectivity index (χ2n) is 11.5. The molecule has 0 spiro atoms. The predicted octanol–water partition coefficient (Wildman–Crippen LogP) is 9.37. The minimum absolute atomic E-state index is 0.0137. The first-order chi connectivity index (χ1) is 21.9. The number of aromatic carboxylic acids is 1. The number of hydrogen-bond acceptors (Lipinski definition) is 3. The van der Waals surface area contributed by atoms with Gasteiger partial charge < -0.3 is 10.1 Å². The quantitative estimate of drug-likeness (QED) is 0.211. The fourth-order valence-electron chi connectivity index (χ4n) is 6.46. The lowest BCUT2D eigenvalue weighted by atomic mass is 10.0. The van der Waals surface area contributed by atoms with Crippen molar-refractivity contribution in [1.82, 2.24) is 19.5 Å². The summed E-state index contributed by atoms with van der Waals surface area (Å²) < 4.78 is 2.21. The fourth-order valence-corrected chi connectivity index (χ4v) is 6.46. The Balaban J connectivity index is 1.45. The maximum Gasteiger partial charge on any atom is 0.354 e. The average molecular weight is 585 g/mol. The van der Waals surface area contributed by atoms with Crippen molar-refractivity contribution in [3.63, 3.8) is 0 Å². The van der Waals surface area contributed by atoms with Crippen molar-refractivity contribution in [3.05, 3.63) is 138 Å². The number of aromatic amines is 1. The van der Waals surface area contributed by atoms with Crippen molar-refractivity contribution < 1.29 is 9.90 Å². The number of fused-ring (bicyclic) bond motifs is 4. The molecule has 45 heavy (non-hydrogen) atoms. The zero-order valence-corrected chi connectivity index (χ0v) is 24.7. The minimum atomic E-state index is -1.08. The summed E-state index contributed by atoms with van der Waals surface area (Å²) >= 11 is 0. The monoisotopic (exact) mass is 584 g/mol. The maximum atomic E-state index is 12.2. The molecule has 0 saturated carbocycles. The van der Waals surface area contributed by atoms with E-state index in [2.05, 4.69) is 89.0 Å².